The number of alkyl halides is 3. The number of hydrogen-bond acceptors (Lipinski definition) is 4. The zero-order chi connectivity index (χ0) is 26.3. The molecule has 0 aliphatic rings. The molecule has 0 bridgehead atoms. The van der Waals surface area contributed by atoms with Crippen molar-refractivity contribution in [1.82, 2.24) is 0 Å². The molecule has 0 heterocycles. The van der Waals surface area contributed by atoms with Crippen LogP contribution in [0.4, 0.5) is 18.9 Å². The average Bonchev–Trinajstić information content (AvgIpc) is 2.84. The summed E-state index contributed by atoms with van der Waals surface area (Å²) in [5.74, 6) is -0.0522. The Hall–Kier alpha value is -3.67. The number of hydrogen-bond donors (Lipinski definition) is 1. The van der Waals surface area contributed by atoms with Crippen LogP contribution in [0.25, 0.3) is 6.08 Å². The fourth-order valence-corrected chi connectivity index (χ4v) is 3.40. The lowest BCUT2D eigenvalue weighted by atomic mass is 10.1. The van der Waals surface area contributed by atoms with Gasteiger partial charge in [-0.05, 0) is 66.6 Å². The van der Waals surface area contributed by atoms with Crippen LogP contribution < -0.4 is 14.8 Å². The Morgan fingerprint density at radius 1 is 1.03 bits per heavy atom. The predicted octanol–water partition coefficient (Wildman–Crippen LogP) is 7.54. The standard InChI is InChI=1S/C26H19Cl2F3N2O3/c1-2-35-24-12-16(7-9-23(24)36-15-17-6-8-21(27)22(28)11-17)10-18(14-32)25(34)33-20-5-3-4-19(13-20)26(29,30)31/h3-13H,2,15H2,1H3,(H,33,34)/b18-10+. The number of carbonyl (C=O) groups excluding carboxylic acids is 1. The van der Waals surface area contributed by atoms with Crippen molar-refractivity contribution in [2.75, 3.05) is 11.9 Å². The average molecular weight is 535 g/mol. The van der Waals surface area contributed by atoms with Gasteiger partial charge in [0.05, 0.1) is 22.2 Å². The molecule has 5 nitrogen and oxygen atoms in total. The van der Waals surface area contributed by atoms with Gasteiger partial charge in [0.2, 0.25) is 0 Å². The van der Waals surface area contributed by atoms with Crippen molar-refractivity contribution in [2.45, 2.75) is 19.7 Å². The Morgan fingerprint density at radius 3 is 2.47 bits per heavy atom. The van der Waals surface area contributed by atoms with E-state index in [1.54, 1.807) is 49.4 Å². The maximum atomic E-state index is 12.9. The van der Waals surface area contributed by atoms with Crippen molar-refractivity contribution in [3.05, 3.63) is 93.0 Å². The van der Waals surface area contributed by atoms with Gasteiger partial charge in [0.15, 0.2) is 11.5 Å². The summed E-state index contributed by atoms with van der Waals surface area (Å²) >= 11 is 12.0. The van der Waals surface area contributed by atoms with E-state index in [0.717, 1.165) is 17.7 Å². The Balaban J connectivity index is 1.79. The quantitative estimate of drug-likeness (QED) is 0.239. The first-order valence-corrected chi connectivity index (χ1v) is 11.3. The van der Waals surface area contributed by atoms with E-state index in [9.17, 15) is 23.2 Å². The first-order chi connectivity index (χ1) is 17.1. The highest BCUT2D eigenvalue weighted by molar-refractivity contribution is 6.42. The number of nitriles is 1. The SMILES string of the molecule is CCOc1cc(/C=C(\C#N)C(=O)Nc2cccc(C(F)(F)F)c2)ccc1OCc1ccc(Cl)c(Cl)c1. The molecule has 0 spiro atoms. The predicted molar refractivity (Wildman–Crippen MR) is 132 cm³/mol. The highest BCUT2D eigenvalue weighted by atomic mass is 35.5. The van der Waals surface area contributed by atoms with E-state index in [1.165, 1.54) is 18.2 Å². The lowest BCUT2D eigenvalue weighted by Gasteiger charge is -2.13. The molecule has 0 saturated carbocycles. The van der Waals surface area contributed by atoms with Gasteiger partial charge in [0.25, 0.3) is 5.91 Å². The molecule has 3 rings (SSSR count). The summed E-state index contributed by atoms with van der Waals surface area (Å²) in [4.78, 5) is 12.5. The Bertz CT molecular complexity index is 1330. The largest absolute Gasteiger partial charge is 0.490 e. The van der Waals surface area contributed by atoms with Crippen LogP contribution in [0, 0.1) is 11.3 Å². The Kier molecular flexibility index (Phi) is 8.86. The van der Waals surface area contributed by atoms with Gasteiger partial charge in [0, 0.05) is 5.69 Å². The molecule has 36 heavy (non-hydrogen) atoms. The molecular weight excluding hydrogens is 516 g/mol. The van der Waals surface area contributed by atoms with Crippen LogP contribution in [0.5, 0.6) is 11.5 Å². The molecule has 0 unspecified atom stereocenters. The number of nitrogens with zero attached hydrogens (tertiary/aromatic N) is 1. The molecule has 0 saturated heterocycles. The highest BCUT2D eigenvalue weighted by Crippen LogP contribution is 2.32. The molecule has 0 aliphatic carbocycles. The minimum absolute atomic E-state index is 0.0861. The molecule has 0 radical (unpaired) electrons. The van der Waals surface area contributed by atoms with E-state index in [-0.39, 0.29) is 17.9 Å². The summed E-state index contributed by atoms with van der Waals surface area (Å²) < 4.78 is 50.3. The molecule has 1 N–H and O–H groups in total. The van der Waals surface area contributed by atoms with Crippen LogP contribution in [0.3, 0.4) is 0 Å². The molecule has 0 aliphatic heterocycles. The monoisotopic (exact) mass is 534 g/mol. The van der Waals surface area contributed by atoms with Crippen molar-refractivity contribution in [3.63, 3.8) is 0 Å². The van der Waals surface area contributed by atoms with E-state index in [0.29, 0.717) is 33.7 Å². The number of halogens is 5. The van der Waals surface area contributed by atoms with Crippen LogP contribution >= 0.6 is 23.2 Å². The zero-order valence-corrected chi connectivity index (χ0v) is 20.3. The van der Waals surface area contributed by atoms with Crippen molar-refractivity contribution >= 4 is 40.9 Å². The molecule has 0 fully saturated rings. The van der Waals surface area contributed by atoms with Crippen molar-refractivity contribution in [3.8, 4) is 17.6 Å². The number of anilines is 1. The van der Waals surface area contributed by atoms with Crippen LogP contribution in [-0.2, 0) is 17.6 Å². The maximum Gasteiger partial charge on any atom is 0.416 e. The van der Waals surface area contributed by atoms with Crippen LogP contribution in [-0.4, -0.2) is 12.5 Å². The van der Waals surface area contributed by atoms with Gasteiger partial charge in [-0.2, -0.15) is 18.4 Å². The highest BCUT2D eigenvalue weighted by Gasteiger charge is 2.30. The fraction of sp³-hybridized carbons (Fsp3) is 0.154. The third-order valence-corrected chi connectivity index (χ3v) is 5.51. The van der Waals surface area contributed by atoms with E-state index in [2.05, 4.69) is 5.32 Å². The summed E-state index contributed by atoms with van der Waals surface area (Å²) in [6.07, 6.45) is -3.26. The van der Waals surface area contributed by atoms with Gasteiger partial charge in [-0.1, -0.05) is 41.4 Å². The number of ether oxygens (including phenoxy) is 2. The normalized spacial score (nSPS) is 11.5. The van der Waals surface area contributed by atoms with E-state index in [4.69, 9.17) is 32.7 Å². The third kappa shape index (κ3) is 7.17. The van der Waals surface area contributed by atoms with Gasteiger partial charge in [-0.3, -0.25) is 4.79 Å². The number of benzene rings is 3. The van der Waals surface area contributed by atoms with Gasteiger partial charge in [-0.15, -0.1) is 0 Å². The zero-order valence-electron chi connectivity index (χ0n) is 18.8. The summed E-state index contributed by atoms with van der Waals surface area (Å²) in [7, 11) is 0. The number of nitrogens with one attached hydrogen (secondary N) is 1. The van der Waals surface area contributed by atoms with Crippen molar-refractivity contribution in [1.29, 1.82) is 5.26 Å². The molecule has 3 aromatic carbocycles. The molecule has 0 atom stereocenters. The number of rotatable bonds is 8. The first-order valence-electron chi connectivity index (χ1n) is 10.5. The van der Waals surface area contributed by atoms with Gasteiger partial charge < -0.3 is 14.8 Å². The minimum Gasteiger partial charge on any atom is -0.490 e. The number of carbonyl (C=O) groups is 1. The second-order valence-corrected chi connectivity index (χ2v) is 8.19. The molecule has 3 aromatic rings. The first kappa shape index (κ1) is 26.9. The van der Waals surface area contributed by atoms with Crippen LogP contribution in [0.1, 0.15) is 23.6 Å². The molecule has 0 aromatic heterocycles. The van der Waals surface area contributed by atoms with E-state index in [1.807, 2.05) is 0 Å². The van der Waals surface area contributed by atoms with E-state index >= 15 is 0 Å². The van der Waals surface area contributed by atoms with Crippen molar-refractivity contribution < 1.29 is 27.4 Å². The summed E-state index contributed by atoms with van der Waals surface area (Å²) in [6, 6.07) is 15.8. The third-order valence-electron chi connectivity index (χ3n) is 4.77. The van der Waals surface area contributed by atoms with Gasteiger partial charge in [0.1, 0.15) is 18.2 Å². The topological polar surface area (TPSA) is 71.3 Å². The molecular formula is C26H19Cl2F3N2O3. The number of amides is 1. The van der Waals surface area contributed by atoms with Crippen LogP contribution in [0.15, 0.2) is 66.2 Å². The smallest absolute Gasteiger partial charge is 0.416 e. The van der Waals surface area contributed by atoms with Gasteiger partial charge in [-0.25, -0.2) is 0 Å². The second-order valence-electron chi connectivity index (χ2n) is 7.38. The van der Waals surface area contributed by atoms with Gasteiger partial charge >= 0.3 is 6.18 Å². The molecule has 1 amide bonds. The summed E-state index contributed by atoms with van der Waals surface area (Å²) in [5, 5.41) is 12.6. The lowest BCUT2D eigenvalue weighted by Crippen LogP contribution is -2.14. The second kappa shape index (κ2) is 11.8. The fourth-order valence-electron chi connectivity index (χ4n) is 3.08. The Labute approximate surface area is 215 Å². The molecule has 186 valence electrons. The lowest BCUT2D eigenvalue weighted by molar-refractivity contribution is -0.137. The summed E-state index contributed by atoms with van der Waals surface area (Å²) in [5.41, 5.74) is -0.0677. The molecule has 10 heteroatoms. The van der Waals surface area contributed by atoms with Crippen LogP contribution in [0.2, 0.25) is 10.0 Å². The minimum atomic E-state index is -4.56. The van der Waals surface area contributed by atoms with Crippen molar-refractivity contribution in [2.24, 2.45) is 0 Å². The van der Waals surface area contributed by atoms with E-state index < -0.39 is 17.6 Å². The Morgan fingerprint density at radius 2 is 1.81 bits per heavy atom. The maximum absolute atomic E-state index is 12.9. The summed E-state index contributed by atoms with van der Waals surface area (Å²) in [6.45, 7) is 2.31.